The van der Waals surface area contributed by atoms with Gasteiger partial charge in [-0.25, -0.2) is 8.42 Å². The van der Waals surface area contributed by atoms with Crippen LogP contribution in [0.2, 0.25) is 5.02 Å². The molecule has 1 N–H and O–H groups in total. The summed E-state index contributed by atoms with van der Waals surface area (Å²) >= 11 is 6.14. The van der Waals surface area contributed by atoms with Crippen LogP contribution in [0.5, 0.6) is 0 Å². The van der Waals surface area contributed by atoms with Crippen molar-refractivity contribution in [3.05, 3.63) is 63.2 Å². The summed E-state index contributed by atoms with van der Waals surface area (Å²) in [6.45, 7) is 2.81. The van der Waals surface area contributed by atoms with Crippen molar-refractivity contribution in [3.8, 4) is 0 Å². The average molecular weight is 438 g/mol. The number of hydrogen-bond donors (Lipinski definition) is 1. The molecule has 2 aromatic carbocycles. The predicted octanol–water partition coefficient (Wildman–Crippen LogP) is 3.92. The van der Waals surface area contributed by atoms with Gasteiger partial charge in [0.2, 0.25) is 10.0 Å². The number of benzene rings is 2. The van der Waals surface area contributed by atoms with Crippen molar-refractivity contribution in [3.63, 3.8) is 0 Å². The van der Waals surface area contributed by atoms with E-state index in [-0.39, 0.29) is 32.8 Å². The van der Waals surface area contributed by atoms with Crippen molar-refractivity contribution in [1.29, 1.82) is 0 Å². The maximum absolute atomic E-state index is 13.0. The largest absolute Gasteiger partial charge is 0.322 e. The summed E-state index contributed by atoms with van der Waals surface area (Å²) < 4.78 is 27.5. The third-order valence-electron chi connectivity index (χ3n) is 4.75. The summed E-state index contributed by atoms with van der Waals surface area (Å²) in [6.07, 6.45) is 1.73. The number of nitrogens with one attached hydrogen (secondary N) is 1. The Kier molecular flexibility index (Phi) is 6.21. The number of amides is 1. The maximum atomic E-state index is 13.0. The summed E-state index contributed by atoms with van der Waals surface area (Å²) in [5.41, 5.74) is 0.152. The Morgan fingerprint density at radius 1 is 1.28 bits per heavy atom. The SMILES string of the molecule is CC1CCCN(S(=O)(=O)c2cc(C(=O)Nc3cccc([N+](=O)[O-])c3)ccc2Cl)C1. The van der Waals surface area contributed by atoms with Gasteiger partial charge in [0.25, 0.3) is 11.6 Å². The Balaban J connectivity index is 1.87. The first-order valence-corrected chi connectivity index (χ1v) is 10.9. The highest BCUT2D eigenvalue weighted by Crippen LogP contribution is 2.29. The van der Waals surface area contributed by atoms with E-state index in [4.69, 9.17) is 11.6 Å². The lowest BCUT2D eigenvalue weighted by atomic mass is 10.0. The van der Waals surface area contributed by atoms with E-state index in [0.717, 1.165) is 12.8 Å². The van der Waals surface area contributed by atoms with Gasteiger partial charge in [0.05, 0.1) is 9.95 Å². The van der Waals surface area contributed by atoms with Crippen molar-refractivity contribution in [2.75, 3.05) is 18.4 Å². The number of nitro groups is 1. The number of non-ortho nitro benzene ring substituents is 1. The summed E-state index contributed by atoms with van der Waals surface area (Å²) in [6, 6.07) is 9.50. The van der Waals surface area contributed by atoms with E-state index >= 15 is 0 Å². The molecule has 0 saturated carbocycles. The minimum atomic E-state index is -3.84. The van der Waals surface area contributed by atoms with Gasteiger partial charge in [0.1, 0.15) is 4.90 Å². The number of halogens is 1. The van der Waals surface area contributed by atoms with Gasteiger partial charge in [-0.1, -0.05) is 24.6 Å². The molecule has 1 amide bonds. The third-order valence-corrected chi connectivity index (χ3v) is 7.09. The Hall–Kier alpha value is -2.49. The number of sulfonamides is 1. The van der Waals surface area contributed by atoms with E-state index in [9.17, 15) is 23.3 Å². The summed E-state index contributed by atoms with van der Waals surface area (Å²) in [4.78, 5) is 22.8. The molecule has 0 radical (unpaired) electrons. The molecule has 0 bridgehead atoms. The van der Waals surface area contributed by atoms with Gasteiger partial charge in [0, 0.05) is 36.5 Å². The first kappa shape index (κ1) is 21.2. The minimum Gasteiger partial charge on any atom is -0.322 e. The van der Waals surface area contributed by atoms with Crippen molar-refractivity contribution >= 4 is 38.9 Å². The monoisotopic (exact) mass is 437 g/mol. The summed E-state index contributed by atoms with van der Waals surface area (Å²) in [5.74, 6) is -0.344. The Morgan fingerprint density at radius 2 is 2.03 bits per heavy atom. The highest BCUT2D eigenvalue weighted by atomic mass is 35.5. The van der Waals surface area contributed by atoms with Crippen LogP contribution in [0.3, 0.4) is 0 Å². The fraction of sp³-hybridized carbons (Fsp3) is 0.316. The van der Waals surface area contributed by atoms with Crippen molar-refractivity contribution in [1.82, 2.24) is 4.31 Å². The summed E-state index contributed by atoms with van der Waals surface area (Å²) in [7, 11) is -3.84. The second-order valence-corrected chi connectivity index (χ2v) is 9.33. The molecule has 10 heteroatoms. The zero-order valence-corrected chi connectivity index (χ0v) is 17.2. The first-order chi connectivity index (χ1) is 13.7. The Bertz CT molecular complexity index is 1060. The number of nitrogens with zero attached hydrogens (tertiary/aromatic N) is 2. The lowest BCUT2D eigenvalue weighted by Crippen LogP contribution is -2.39. The smallest absolute Gasteiger partial charge is 0.271 e. The standard InChI is InChI=1S/C19H20ClN3O5S/c1-13-4-3-9-22(12-13)29(27,28)18-10-14(7-8-17(18)20)19(24)21-15-5-2-6-16(11-15)23(25)26/h2,5-8,10-11,13H,3-4,9,12H2,1H3,(H,21,24). The molecule has 1 aliphatic rings. The molecule has 29 heavy (non-hydrogen) atoms. The second kappa shape index (κ2) is 8.48. The number of rotatable bonds is 5. The van der Waals surface area contributed by atoms with Gasteiger partial charge in [-0.2, -0.15) is 4.31 Å². The van der Waals surface area contributed by atoms with E-state index in [2.05, 4.69) is 5.32 Å². The van der Waals surface area contributed by atoms with Gasteiger partial charge in [-0.05, 0) is 43.0 Å². The van der Waals surface area contributed by atoms with Crippen LogP contribution in [0.4, 0.5) is 11.4 Å². The van der Waals surface area contributed by atoms with Crippen LogP contribution >= 0.6 is 11.6 Å². The van der Waals surface area contributed by atoms with Gasteiger partial charge < -0.3 is 5.32 Å². The van der Waals surface area contributed by atoms with E-state index < -0.39 is 20.9 Å². The van der Waals surface area contributed by atoms with Gasteiger partial charge in [-0.3, -0.25) is 14.9 Å². The predicted molar refractivity (Wildman–Crippen MR) is 110 cm³/mol. The summed E-state index contributed by atoms with van der Waals surface area (Å²) in [5, 5.41) is 13.5. The zero-order valence-electron chi connectivity index (χ0n) is 15.7. The first-order valence-electron chi connectivity index (χ1n) is 9.04. The van der Waals surface area contributed by atoms with Crippen LogP contribution in [0.25, 0.3) is 0 Å². The molecular formula is C19H20ClN3O5S. The van der Waals surface area contributed by atoms with Gasteiger partial charge >= 0.3 is 0 Å². The van der Waals surface area contributed by atoms with Gasteiger partial charge in [-0.15, -0.1) is 0 Å². The molecule has 1 heterocycles. The molecule has 0 aromatic heterocycles. The lowest BCUT2D eigenvalue weighted by molar-refractivity contribution is -0.384. The number of piperidine rings is 1. The molecular weight excluding hydrogens is 418 g/mol. The Morgan fingerprint density at radius 3 is 2.72 bits per heavy atom. The number of anilines is 1. The normalized spacial score (nSPS) is 17.7. The highest BCUT2D eigenvalue weighted by molar-refractivity contribution is 7.89. The van der Waals surface area contributed by atoms with E-state index in [1.165, 1.54) is 46.8 Å². The third kappa shape index (κ3) is 4.75. The number of hydrogen-bond acceptors (Lipinski definition) is 5. The van der Waals surface area contributed by atoms with Crippen LogP contribution in [0, 0.1) is 16.0 Å². The molecule has 1 saturated heterocycles. The molecule has 0 aliphatic carbocycles. The molecule has 1 aliphatic heterocycles. The lowest BCUT2D eigenvalue weighted by Gasteiger charge is -2.30. The molecule has 3 rings (SSSR count). The van der Waals surface area contributed by atoms with Crippen molar-refractivity contribution in [2.24, 2.45) is 5.92 Å². The van der Waals surface area contributed by atoms with E-state index in [1.54, 1.807) is 0 Å². The molecule has 8 nitrogen and oxygen atoms in total. The minimum absolute atomic E-state index is 0.0372. The Labute approximate surface area is 173 Å². The molecule has 2 aromatic rings. The fourth-order valence-corrected chi connectivity index (χ4v) is 5.35. The van der Waals surface area contributed by atoms with Crippen LogP contribution in [0.15, 0.2) is 47.4 Å². The average Bonchev–Trinajstić information content (AvgIpc) is 2.68. The van der Waals surface area contributed by atoms with Crippen molar-refractivity contribution in [2.45, 2.75) is 24.7 Å². The maximum Gasteiger partial charge on any atom is 0.271 e. The zero-order chi connectivity index (χ0) is 21.2. The van der Waals surface area contributed by atoms with Gasteiger partial charge in [0.15, 0.2) is 0 Å². The second-order valence-electron chi connectivity index (χ2n) is 7.02. The number of carbonyl (C=O) groups is 1. The number of nitro benzene ring substituents is 1. The van der Waals surface area contributed by atoms with Crippen LogP contribution < -0.4 is 5.32 Å². The van der Waals surface area contributed by atoms with Crippen molar-refractivity contribution < 1.29 is 18.1 Å². The topological polar surface area (TPSA) is 110 Å². The molecule has 1 atom stereocenters. The fourth-order valence-electron chi connectivity index (χ4n) is 3.25. The molecule has 154 valence electrons. The molecule has 0 spiro atoms. The highest BCUT2D eigenvalue weighted by Gasteiger charge is 2.31. The molecule has 1 fully saturated rings. The quantitative estimate of drug-likeness (QED) is 0.563. The van der Waals surface area contributed by atoms with E-state index in [1.807, 2.05) is 6.92 Å². The van der Waals surface area contributed by atoms with E-state index in [0.29, 0.717) is 13.1 Å². The van der Waals surface area contributed by atoms with Crippen LogP contribution in [-0.4, -0.2) is 36.6 Å². The van der Waals surface area contributed by atoms with Crippen LogP contribution in [0.1, 0.15) is 30.1 Å². The molecule has 1 unspecified atom stereocenters. The van der Waals surface area contributed by atoms with Crippen LogP contribution in [-0.2, 0) is 10.0 Å². The number of carbonyl (C=O) groups excluding carboxylic acids is 1.